The fourth-order valence-electron chi connectivity index (χ4n) is 1.60. The van der Waals surface area contributed by atoms with Gasteiger partial charge in [-0.05, 0) is 0 Å². The van der Waals surface area contributed by atoms with Crippen LogP contribution in [0.5, 0.6) is 0 Å². The zero-order chi connectivity index (χ0) is 11.9. The van der Waals surface area contributed by atoms with Crippen LogP contribution >= 0.6 is 0 Å². The summed E-state index contributed by atoms with van der Waals surface area (Å²) in [7, 11) is 0. The van der Waals surface area contributed by atoms with Crippen LogP contribution in [0.1, 0.15) is 16.7 Å². The molecule has 0 N–H and O–H groups in total. The van der Waals surface area contributed by atoms with Crippen LogP contribution < -0.4 is 0 Å². The van der Waals surface area contributed by atoms with E-state index in [0.29, 0.717) is 0 Å². The van der Waals surface area contributed by atoms with Crippen LogP contribution in [-0.4, -0.2) is 26.3 Å². The SMILES string of the molecule is Cc1cccc(C[Se][Se]Cc2ccccc2)c1. The average Bonchev–Trinajstić information content (AvgIpc) is 2.36. The molecule has 2 aromatic rings. The van der Waals surface area contributed by atoms with Gasteiger partial charge in [0, 0.05) is 0 Å². The van der Waals surface area contributed by atoms with Crippen molar-refractivity contribution in [1.82, 2.24) is 0 Å². The van der Waals surface area contributed by atoms with Crippen molar-refractivity contribution in [2.75, 3.05) is 0 Å². The topological polar surface area (TPSA) is 0 Å². The van der Waals surface area contributed by atoms with Crippen molar-refractivity contribution in [1.29, 1.82) is 0 Å². The van der Waals surface area contributed by atoms with Crippen molar-refractivity contribution in [2.45, 2.75) is 17.6 Å². The van der Waals surface area contributed by atoms with Crippen LogP contribution in [0.25, 0.3) is 0 Å². The van der Waals surface area contributed by atoms with Gasteiger partial charge in [0.25, 0.3) is 0 Å². The van der Waals surface area contributed by atoms with Gasteiger partial charge < -0.3 is 0 Å². The van der Waals surface area contributed by atoms with Gasteiger partial charge in [-0.1, -0.05) is 0 Å². The van der Waals surface area contributed by atoms with Crippen molar-refractivity contribution in [3.8, 4) is 0 Å². The quantitative estimate of drug-likeness (QED) is 0.572. The molecule has 0 bridgehead atoms. The molecule has 0 aliphatic heterocycles. The van der Waals surface area contributed by atoms with Crippen molar-refractivity contribution in [2.24, 2.45) is 0 Å². The van der Waals surface area contributed by atoms with E-state index in [9.17, 15) is 0 Å². The first-order valence-electron chi connectivity index (χ1n) is 5.68. The van der Waals surface area contributed by atoms with E-state index in [0.717, 1.165) is 26.3 Å². The Morgan fingerprint density at radius 2 is 1.41 bits per heavy atom. The van der Waals surface area contributed by atoms with Crippen molar-refractivity contribution in [3.05, 3.63) is 71.3 Å². The Morgan fingerprint density at radius 3 is 2.12 bits per heavy atom. The summed E-state index contributed by atoms with van der Waals surface area (Å²) in [5.74, 6) is 0. The Kier molecular flexibility index (Phi) is 5.35. The minimum atomic E-state index is 0.788. The number of aryl methyl sites for hydroxylation is 1. The van der Waals surface area contributed by atoms with Crippen LogP contribution in [-0.2, 0) is 10.6 Å². The Balaban J connectivity index is 1.73. The molecule has 0 fully saturated rings. The Hall–Kier alpha value is -0.521. The van der Waals surface area contributed by atoms with Crippen molar-refractivity contribution >= 4 is 26.3 Å². The first-order valence-corrected chi connectivity index (χ1v) is 12.4. The van der Waals surface area contributed by atoms with Crippen molar-refractivity contribution in [3.63, 3.8) is 0 Å². The summed E-state index contributed by atoms with van der Waals surface area (Å²) in [6.45, 7) is 2.17. The molecule has 88 valence electrons. The third-order valence-corrected chi connectivity index (χ3v) is 9.09. The predicted octanol–water partition coefficient (Wildman–Crippen LogP) is 3.02. The summed E-state index contributed by atoms with van der Waals surface area (Å²) in [5.41, 5.74) is 4.40. The predicted molar refractivity (Wildman–Crippen MR) is 76.5 cm³/mol. The molecule has 0 unspecified atom stereocenters. The van der Waals surface area contributed by atoms with Gasteiger partial charge in [0.1, 0.15) is 0 Å². The van der Waals surface area contributed by atoms with E-state index in [1.54, 1.807) is 0 Å². The van der Waals surface area contributed by atoms with Gasteiger partial charge in [-0.3, -0.25) is 0 Å². The molecule has 0 aliphatic carbocycles. The van der Waals surface area contributed by atoms with Gasteiger partial charge in [0.15, 0.2) is 0 Å². The number of benzene rings is 2. The van der Waals surface area contributed by atoms with Crippen LogP contribution in [0.2, 0.25) is 0 Å². The maximum absolute atomic E-state index is 2.32. The third-order valence-electron chi connectivity index (χ3n) is 2.46. The molecule has 2 rings (SSSR count). The zero-order valence-corrected chi connectivity index (χ0v) is 13.4. The first-order chi connectivity index (χ1) is 8.34. The summed E-state index contributed by atoms with van der Waals surface area (Å²) < 4.78 is 0. The number of hydrogen-bond acceptors (Lipinski definition) is 0. The first kappa shape index (κ1) is 12.9. The normalized spacial score (nSPS) is 10.4. The van der Waals surface area contributed by atoms with Gasteiger partial charge >= 0.3 is 115 Å². The summed E-state index contributed by atoms with van der Waals surface area (Å²) in [6, 6.07) is 19.8. The van der Waals surface area contributed by atoms with E-state index in [2.05, 4.69) is 61.5 Å². The molecule has 2 aromatic carbocycles. The van der Waals surface area contributed by atoms with Gasteiger partial charge in [0.05, 0.1) is 0 Å². The van der Waals surface area contributed by atoms with E-state index < -0.39 is 0 Å². The van der Waals surface area contributed by atoms with Gasteiger partial charge in [0.2, 0.25) is 0 Å². The van der Waals surface area contributed by atoms with Gasteiger partial charge in [-0.25, -0.2) is 0 Å². The molecule has 0 amide bonds. The molecule has 0 spiro atoms. The van der Waals surface area contributed by atoms with Gasteiger partial charge in [-0.15, -0.1) is 0 Å². The maximum atomic E-state index is 2.32. The Bertz CT molecular complexity index is 451. The van der Waals surface area contributed by atoms with E-state index in [4.69, 9.17) is 0 Å². The minimum absolute atomic E-state index is 0.788. The second kappa shape index (κ2) is 7.03. The summed E-state index contributed by atoms with van der Waals surface area (Å²) in [4.78, 5) is 0. The number of hydrogen-bond donors (Lipinski definition) is 0. The monoisotopic (exact) mass is 356 g/mol. The fourth-order valence-corrected chi connectivity index (χ4v) is 8.08. The molecule has 17 heavy (non-hydrogen) atoms. The average molecular weight is 354 g/mol. The molecule has 0 radical (unpaired) electrons. The molecule has 0 saturated carbocycles. The molecule has 0 atom stereocenters. The van der Waals surface area contributed by atoms with Crippen LogP contribution in [0.15, 0.2) is 54.6 Å². The molecule has 0 aromatic heterocycles. The van der Waals surface area contributed by atoms with E-state index >= 15 is 0 Å². The summed E-state index contributed by atoms with van der Waals surface area (Å²) >= 11 is 1.58. The fraction of sp³-hybridized carbons (Fsp3) is 0.200. The standard InChI is InChI=1S/C15H16Se2/c1-13-6-5-9-15(10-13)12-17-16-11-14-7-3-2-4-8-14/h2-10H,11-12H2,1H3. The third kappa shape index (κ3) is 4.69. The summed E-state index contributed by atoms with van der Waals surface area (Å²) in [5, 5.41) is 2.58. The molecular formula is C15H16Se2. The van der Waals surface area contributed by atoms with E-state index in [-0.39, 0.29) is 0 Å². The zero-order valence-electron chi connectivity index (χ0n) is 9.93. The van der Waals surface area contributed by atoms with Gasteiger partial charge in [-0.2, -0.15) is 0 Å². The molecule has 0 aliphatic rings. The summed E-state index contributed by atoms with van der Waals surface area (Å²) in [6.07, 6.45) is 0. The second-order valence-electron chi connectivity index (χ2n) is 4.00. The van der Waals surface area contributed by atoms with Crippen molar-refractivity contribution < 1.29 is 0 Å². The van der Waals surface area contributed by atoms with Crippen LogP contribution in [0.3, 0.4) is 0 Å². The van der Waals surface area contributed by atoms with Crippen LogP contribution in [0, 0.1) is 6.92 Å². The van der Waals surface area contributed by atoms with E-state index in [1.807, 2.05) is 0 Å². The second-order valence-corrected chi connectivity index (χ2v) is 11.3. The number of rotatable bonds is 5. The molecule has 0 saturated heterocycles. The Morgan fingerprint density at radius 1 is 0.765 bits per heavy atom. The van der Waals surface area contributed by atoms with Crippen LogP contribution in [0.4, 0.5) is 0 Å². The molecular weight excluding hydrogens is 338 g/mol. The molecule has 2 heteroatoms. The molecule has 0 nitrogen and oxygen atoms in total. The van der Waals surface area contributed by atoms with E-state index in [1.165, 1.54) is 27.3 Å². The Labute approximate surface area is 115 Å². The molecule has 0 heterocycles.